The maximum absolute atomic E-state index is 13.7. The van der Waals surface area contributed by atoms with Gasteiger partial charge in [-0.25, -0.2) is 0 Å². The highest BCUT2D eigenvalue weighted by Gasteiger charge is 2.52. The van der Waals surface area contributed by atoms with Gasteiger partial charge in [0, 0.05) is 0 Å². The molecule has 1 fully saturated rings. The predicted molar refractivity (Wildman–Crippen MR) is 182 cm³/mol. The lowest BCUT2D eigenvalue weighted by atomic mass is 9.74. The number of ether oxygens (including phenoxy) is 1. The third-order valence-corrected chi connectivity index (χ3v) is 9.48. The number of nitrogens with one attached hydrogen (secondary N) is 1. The Morgan fingerprint density at radius 2 is 1.13 bits per heavy atom. The largest absolute Gasteiger partial charge is 0.495 e. The van der Waals surface area contributed by atoms with Crippen molar-refractivity contribution in [1.82, 2.24) is 5.32 Å². The Morgan fingerprint density at radius 3 is 1.60 bits per heavy atom. The molecular weight excluding hydrogens is 557 g/mol. The Hall–Kier alpha value is -4.23. The summed E-state index contributed by atoms with van der Waals surface area (Å²) >= 11 is 0. The van der Waals surface area contributed by atoms with Crippen LogP contribution in [0.1, 0.15) is 49.9 Å². The highest BCUT2D eigenvalue weighted by molar-refractivity contribution is 6.65. The van der Waals surface area contributed by atoms with Crippen molar-refractivity contribution in [2.45, 2.75) is 56.9 Å². The van der Waals surface area contributed by atoms with Gasteiger partial charge >= 0.3 is 13.1 Å². The van der Waals surface area contributed by atoms with Crippen molar-refractivity contribution < 1.29 is 18.8 Å². The van der Waals surface area contributed by atoms with Crippen LogP contribution in [0.5, 0.6) is 0 Å². The Morgan fingerprint density at radius 1 is 0.689 bits per heavy atom. The topological polar surface area (TPSA) is 56.8 Å². The minimum absolute atomic E-state index is 0.332. The summed E-state index contributed by atoms with van der Waals surface area (Å²) in [4.78, 5) is 13.7. The van der Waals surface area contributed by atoms with Crippen LogP contribution < -0.4 is 10.8 Å². The zero-order chi connectivity index (χ0) is 31.7. The first-order valence-electron chi connectivity index (χ1n) is 15.5. The number of carbonyl (C=O) groups excluding carboxylic acids is 1. The van der Waals surface area contributed by atoms with E-state index in [1.165, 1.54) is 7.11 Å². The molecule has 1 N–H and O–H groups in total. The minimum Gasteiger partial charge on any atom is -0.468 e. The van der Waals surface area contributed by atoms with Gasteiger partial charge in [-0.1, -0.05) is 127 Å². The first-order valence-corrected chi connectivity index (χ1v) is 15.5. The first-order chi connectivity index (χ1) is 21.7. The van der Waals surface area contributed by atoms with Gasteiger partial charge in [0.2, 0.25) is 0 Å². The van der Waals surface area contributed by atoms with Crippen LogP contribution in [0.15, 0.2) is 127 Å². The molecule has 45 heavy (non-hydrogen) atoms. The molecule has 228 valence electrons. The van der Waals surface area contributed by atoms with Crippen LogP contribution in [-0.4, -0.2) is 37.4 Å². The van der Waals surface area contributed by atoms with Crippen molar-refractivity contribution in [3.8, 4) is 0 Å². The Kier molecular flexibility index (Phi) is 8.40. The van der Waals surface area contributed by atoms with E-state index in [4.69, 9.17) is 14.0 Å². The molecule has 1 heterocycles. The molecule has 0 radical (unpaired) electrons. The molecule has 1 aliphatic heterocycles. The first kappa shape index (κ1) is 30.8. The molecular formula is C39H40BNO4. The molecule has 5 aromatic carbocycles. The van der Waals surface area contributed by atoms with Crippen molar-refractivity contribution in [3.63, 3.8) is 0 Å². The van der Waals surface area contributed by atoms with Gasteiger partial charge in [-0.3, -0.25) is 10.1 Å². The van der Waals surface area contributed by atoms with Gasteiger partial charge in [-0.15, -0.1) is 0 Å². The van der Waals surface area contributed by atoms with Crippen molar-refractivity contribution >= 4 is 29.3 Å². The van der Waals surface area contributed by atoms with E-state index in [-0.39, 0.29) is 5.97 Å². The molecule has 6 heteroatoms. The van der Waals surface area contributed by atoms with Crippen LogP contribution in [0.3, 0.4) is 0 Å². The second kappa shape index (κ2) is 12.3. The van der Waals surface area contributed by atoms with E-state index in [1.807, 2.05) is 66.7 Å². The average molecular weight is 598 g/mol. The number of hydrogen-bond acceptors (Lipinski definition) is 5. The lowest BCUT2D eigenvalue weighted by molar-refractivity contribution is -0.143. The molecule has 5 nitrogen and oxygen atoms in total. The zero-order valence-corrected chi connectivity index (χ0v) is 26.6. The highest BCUT2D eigenvalue weighted by Crippen LogP contribution is 2.39. The number of esters is 1. The molecule has 0 spiro atoms. The fourth-order valence-corrected chi connectivity index (χ4v) is 6.37. The van der Waals surface area contributed by atoms with Gasteiger partial charge in [-0.2, -0.15) is 0 Å². The molecule has 1 saturated heterocycles. The van der Waals surface area contributed by atoms with E-state index in [1.54, 1.807) is 0 Å². The van der Waals surface area contributed by atoms with Gasteiger partial charge in [0.15, 0.2) is 0 Å². The molecule has 0 amide bonds. The van der Waals surface area contributed by atoms with Crippen molar-refractivity contribution in [2.75, 3.05) is 7.11 Å². The summed E-state index contributed by atoms with van der Waals surface area (Å²) in [5.41, 5.74) is 3.34. The molecule has 0 aromatic heterocycles. The van der Waals surface area contributed by atoms with Crippen LogP contribution in [0.4, 0.5) is 0 Å². The number of carbonyl (C=O) groups is 1. The summed E-state index contributed by atoms with van der Waals surface area (Å²) in [6, 6.07) is 42.6. The van der Waals surface area contributed by atoms with E-state index in [0.29, 0.717) is 6.42 Å². The van der Waals surface area contributed by atoms with Gasteiger partial charge in [0.25, 0.3) is 0 Å². The Labute approximate surface area is 266 Å². The van der Waals surface area contributed by atoms with Crippen LogP contribution in [0.2, 0.25) is 0 Å². The molecule has 0 unspecified atom stereocenters. The summed E-state index contributed by atoms with van der Waals surface area (Å²) < 4.78 is 18.3. The second-order valence-electron chi connectivity index (χ2n) is 12.7. The second-order valence-corrected chi connectivity index (χ2v) is 12.7. The SMILES string of the molecule is COC(=O)[C@H](Cc1ccc(B2OC(C)(C)C(C)(C)O2)c2ccccc12)NC(c1ccccc1)(c1ccccc1)c1ccccc1. The summed E-state index contributed by atoms with van der Waals surface area (Å²) in [5, 5.41) is 5.93. The molecule has 1 aliphatic rings. The quantitative estimate of drug-likeness (QED) is 0.115. The number of fused-ring (bicyclic) bond motifs is 1. The predicted octanol–water partition coefficient (Wildman–Crippen LogP) is 6.80. The molecule has 0 aliphatic carbocycles. The monoisotopic (exact) mass is 597 g/mol. The summed E-state index contributed by atoms with van der Waals surface area (Å²) in [6.07, 6.45) is 0.408. The maximum atomic E-state index is 13.7. The number of benzene rings is 5. The smallest absolute Gasteiger partial charge is 0.468 e. The molecule has 1 atom stereocenters. The van der Waals surface area contributed by atoms with Crippen LogP contribution >= 0.6 is 0 Å². The summed E-state index contributed by atoms with van der Waals surface area (Å²) in [5.74, 6) is -0.332. The van der Waals surface area contributed by atoms with Crippen molar-refractivity contribution in [2.24, 2.45) is 0 Å². The van der Waals surface area contributed by atoms with E-state index in [9.17, 15) is 4.79 Å². The van der Waals surface area contributed by atoms with Gasteiger partial charge < -0.3 is 14.0 Å². The summed E-state index contributed by atoms with van der Waals surface area (Å²) in [6.45, 7) is 8.26. The fourth-order valence-electron chi connectivity index (χ4n) is 6.37. The lowest BCUT2D eigenvalue weighted by Gasteiger charge is -2.39. The van der Waals surface area contributed by atoms with Gasteiger partial charge in [0.1, 0.15) is 6.04 Å². The molecule has 0 saturated carbocycles. The Balaban J connectivity index is 1.46. The van der Waals surface area contributed by atoms with Crippen LogP contribution in [0.25, 0.3) is 10.8 Å². The molecule has 6 rings (SSSR count). The average Bonchev–Trinajstić information content (AvgIpc) is 3.29. The third kappa shape index (κ3) is 5.70. The number of rotatable bonds is 9. The van der Waals surface area contributed by atoms with E-state index >= 15 is 0 Å². The molecule has 5 aromatic rings. The van der Waals surface area contributed by atoms with Crippen LogP contribution in [0, 0.1) is 0 Å². The third-order valence-electron chi connectivity index (χ3n) is 9.48. The van der Waals surface area contributed by atoms with E-state index < -0.39 is 29.9 Å². The standard InChI is InChI=1S/C39H40BNO4/c1-37(2)38(3,4)45-40(44-37)34-26-25-28(32-23-15-16-24-33(32)34)27-35(36(42)43-5)41-39(29-17-9-6-10-18-29,30-19-11-7-12-20-30)31-21-13-8-14-22-31/h6-26,35,41H,27H2,1-5H3/t35-/m0/s1. The van der Waals surface area contributed by atoms with E-state index in [0.717, 1.165) is 38.5 Å². The van der Waals surface area contributed by atoms with Crippen molar-refractivity contribution in [3.05, 3.63) is 150 Å². The number of methoxy groups -OCH3 is 1. The number of hydrogen-bond donors (Lipinski definition) is 1. The zero-order valence-electron chi connectivity index (χ0n) is 26.6. The fraction of sp³-hybridized carbons (Fsp3) is 0.256. The van der Waals surface area contributed by atoms with Gasteiger partial charge in [0.05, 0.1) is 23.9 Å². The lowest BCUT2D eigenvalue weighted by Crippen LogP contribution is -2.53. The van der Waals surface area contributed by atoms with Crippen LogP contribution in [-0.2, 0) is 30.8 Å². The van der Waals surface area contributed by atoms with E-state index in [2.05, 4.69) is 93.7 Å². The normalized spacial score (nSPS) is 16.4. The van der Waals surface area contributed by atoms with Crippen molar-refractivity contribution in [1.29, 1.82) is 0 Å². The maximum Gasteiger partial charge on any atom is 0.495 e. The highest BCUT2D eigenvalue weighted by atomic mass is 16.7. The Bertz CT molecular complexity index is 1660. The van der Waals surface area contributed by atoms with Gasteiger partial charge in [-0.05, 0) is 72.6 Å². The molecule has 0 bridgehead atoms. The summed E-state index contributed by atoms with van der Waals surface area (Å²) in [7, 11) is 0.955. The minimum atomic E-state index is -0.832.